The molecule has 1 nitrogen and oxygen atoms in total. The Kier molecular flexibility index (Phi) is 3.49. The van der Waals surface area contributed by atoms with Gasteiger partial charge in [-0.25, -0.2) is 0 Å². The molecule has 110 valence electrons. The zero-order valence-electron chi connectivity index (χ0n) is 11.3. The van der Waals surface area contributed by atoms with Crippen LogP contribution in [0.2, 0.25) is 0 Å². The van der Waals surface area contributed by atoms with Crippen LogP contribution in [0, 0.1) is 5.92 Å². The second-order valence-electron chi connectivity index (χ2n) is 5.51. The first-order valence-corrected chi connectivity index (χ1v) is 6.87. The first-order chi connectivity index (χ1) is 9.95. The van der Waals surface area contributed by atoms with Gasteiger partial charge in [0.2, 0.25) is 0 Å². The number of fused-ring (bicyclic) bond motifs is 1. The van der Waals surface area contributed by atoms with Gasteiger partial charge >= 0.3 is 6.18 Å². The molecule has 1 unspecified atom stereocenters. The van der Waals surface area contributed by atoms with E-state index in [0.29, 0.717) is 18.4 Å². The minimum Gasteiger partial charge on any atom is -0.388 e. The number of aliphatic hydroxyl groups is 1. The van der Waals surface area contributed by atoms with Crippen molar-refractivity contribution in [1.29, 1.82) is 0 Å². The lowest BCUT2D eigenvalue weighted by molar-refractivity contribution is -0.137. The number of halogens is 3. The Morgan fingerprint density at radius 2 is 1.57 bits per heavy atom. The lowest BCUT2D eigenvalue weighted by Crippen LogP contribution is -2.14. The third-order valence-electron chi connectivity index (χ3n) is 4.08. The Labute approximate surface area is 121 Å². The first kappa shape index (κ1) is 14.1. The van der Waals surface area contributed by atoms with Crippen molar-refractivity contribution in [3.05, 3.63) is 70.8 Å². The van der Waals surface area contributed by atoms with Gasteiger partial charge in [-0.3, -0.25) is 0 Å². The number of hydrogen-bond donors (Lipinski definition) is 1. The maximum atomic E-state index is 12.7. The third kappa shape index (κ3) is 2.81. The Morgan fingerprint density at radius 1 is 0.952 bits per heavy atom. The predicted molar refractivity (Wildman–Crippen MR) is 73.7 cm³/mol. The van der Waals surface area contributed by atoms with E-state index in [9.17, 15) is 18.3 Å². The van der Waals surface area contributed by atoms with Crippen molar-refractivity contribution in [2.24, 2.45) is 5.92 Å². The standard InChI is InChI=1S/C17H15F3O/c18-17(19,20)15-7-3-6-13(10-15)16(21)14-8-11-4-1-2-5-12(11)9-14/h1-7,10,14,16,21H,8-9H2. The zero-order chi connectivity index (χ0) is 15.0. The van der Waals surface area contributed by atoms with Crippen LogP contribution >= 0.6 is 0 Å². The lowest BCUT2D eigenvalue weighted by atomic mass is 9.92. The van der Waals surface area contributed by atoms with Crippen LogP contribution in [-0.4, -0.2) is 5.11 Å². The lowest BCUT2D eigenvalue weighted by Gasteiger charge is -2.19. The largest absolute Gasteiger partial charge is 0.416 e. The smallest absolute Gasteiger partial charge is 0.388 e. The summed E-state index contributed by atoms with van der Waals surface area (Å²) >= 11 is 0. The fraction of sp³-hybridized carbons (Fsp3) is 0.294. The van der Waals surface area contributed by atoms with Gasteiger partial charge in [-0.05, 0) is 47.6 Å². The molecule has 1 atom stereocenters. The fourth-order valence-corrected chi connectivity index (χ4v) is 2.99. The van der Waals surface area contributed by atoms with Crippen LogP contribution in [0.1, 0.15) is 28.4 Å². The molecule has 0 aromatic heterocycles. The van der Waals surface area contributed by atoms with Crippen molar-refractivity contribution < 1.29 is 18.3 Å². The quantitative estimate of drug-likeness (QED) is 0.881. The zero-order valence-corrected chi connectivity index (χ0v) is 11.3. The van der Waals surface area contributed by atoms with Crippen LogP contribution in [0.25, 0.3) is 0 Å². The number of hydrogen-bond acceptors (Lipinski definition) is 1. The SMILES string of the molecule is OC(c1cccc(C(F)(F)F)c1)C1Cc2ccccc2C1. The van der Waals surface area contributed by atoms with E-state index in [-0.39, 0.29) is 5.92 Å². The molecule has 0 saturated heterocycles. The molecule has 0 radical (unpaired) electrons. The molecule has 0 fully saturated rings. The highest BCUT2D eigenvalue weighted by atomic mass is 19.4. The molecule has 2 aromatic carbocycles. The molecule has 0 saturated carbocycles. The summed E-state index contributed by atoms with van der Waals surface area (Å²) < 4.78 is 38.2. The van der Waals surface area contributed by atoms with E-state index in [1.807, 2.05) is 24.3 Å². The minimum absolute atomic E-state index is 0.0640. The van der Waals surface area contributed by atoms with Crippen LogP contribution in [0.15, 0.2) is 48.5 Å². The summed E-state index contributed by atoms with van der Waals surface area (Å²) in [7, 11) is 0. The van der Waals surface area contributed by atoms with Crippen molar-refractivity contribution >= 4 is 0 Å². The maximum Gasteiger partial charge on any atom is 0.416 e. The van der Waals surface area contributed by atoms with E-state index >= 15 is 0 Å². The molecule has 21 heavy (non-hydrogen) atoms. The Balaban J connectivity index is 1.83. The van der Waals surface area contributed by atoms with Crippen molar-refractivity contribution in [2.45, 2.75) is 25.1 Å². The van der Waals surface area contributed by atoms with Crippen LogP contribution in [0.4, 0.5) is 13.2 Å². The second-order valence-corrected chi connectivity index (χ2v) is 5.51. The average molecular weight is 292 g/mol. The van der Waals surface area contributed by atoms with Gasteiger partial charge in [0.1, 0.15) is 0 Å². The van der Waals surface area contributed by atoms with E-state index in [1.165, 1.54) is 17.2 Å². The third-order valence-corrected chi connectivity index (χ3v) is 4.08. The van der Waals surface area contributed by atoms with Crippen molar-refractivity contribution in [2.75, 3.05) is 0 Å². The van der Waals surface area contributed by atoms with E-state index in [1.54, 1.807) is 6.07 Å². The molecular weight excluding hydrogens is 277 g/mol. The van der Waals surface area contributed by atoms with Gasteiger partial charge in [0.05, 0.1) is 11.7 Å². The molecule has 2 aromatic rings. The molecule has 1 N–H and O–H groups in total. The Bertz CT molecular complexity index is 623. The van der Waals surface area contributed by atoms with Crippen LogP contribution in [0.5, 0.6) is 0 Å². The summed E-state index contributed by atoms with van der Waals surface area (Å²) in [6.07, 6.45) is -3.85. The summed E-state index contributed by atoms with van der Waals surface area (Å²) in [5.41, 5.74) is 1.97. The first-order valence-electron chi connectivity index (χ1n) is 6.87. The number of alkyl halides is 3. The Morgan fingerprint density at radius 3 is 2.14 bits per heavy atom. The highest BCUT2D eigenvalue weighted by Gasteiger charge is 2.33. The topological polar surface area (TPSA) is 20.2 Å². The maximum absolute atomic E-state index is 12.7. The minimum atomic E-state index is -4.38. The van der Waals surface area contributed by atoms with E-state index in [0.717, 1.165) is 12.1 Å². The molecule has 3 rings (SSSR count). The van der Waals surface area contributed by atoms with Gasteiger partial charge in [-0.1, -0.05) is 36.4 Å². The summed E-state index contributed by atoms with van der Waals surface area (Å²) in [6, 6.07) is 12.9. The van der Waals surface area contributed by atoms with Gasteiger partial charge in [-0.2, -0.15) is 13.2 Å². The van der Waals surface area contributed by atoms with Crippen molar-refractivity contribution in [1.82, 2.24) is 0 Å². The molecule has 4 heteroatoms. The molecule has 0 aliphatic heterocycles. The highest BCUT2D eigenvalue weighted by Crippen LogP contribution is 2.37. The second kappa shape index (κ2) is 5.19. The van der Waals surface area contributed by atoms with Gasteiger partial charge in [0.25, 0.3) is 0 Å². The molecule has 0 heterocycles. The van der Waals surface area contributed by atoms with Gasteiger partial charge in [0, 0.05) is 0 Å². The monoisotopic (exact) mass is 292 g/mol. The molecule has 0 spiro atoms. The number of benzene rings is 2. The van der Waals surface area contributed by atoms with Crippen molar-refractivity contribution in [3.8, 4) is 0 Å². The van der Waals surface area contributed by atoms with E-state index in [2.05, 4.69) is 0 Å². The number of rotatable bonds is 2. The predicted octanol–water partition coefficient (Wildman–Crippen LogP) is 4.15. The van der Waals surface area contributed by atoms with E-state index < -0.39 is 17.8 Å². The Hall–Kier alpha value is -1.81. The fourth-order valence-electron chi connectivity index (χ4n) is 2.99. The van der Waals surface area contributed by atoms with Gasteiger partial charge < -0.3 is 5.11 Å². The summed E-state index contributed by atoms with van der Waals surface area (Å²) in [6.45, 7) is 0. The molecule has 1 aliphatic rings. The van der Waals surface area contributed by atoms with Crippen LogP contribution in [-0.2, 0) is 19.0 Å². The molecule has 1 aliphatic carbocycles. The highest BCUT2D eigenvalue weighted by molar-refractivity contribution is 5.34. The summed E-state index contributed by atoms with van der Waals surface area (Å²) in [5.74, 6) is -0.0640. The summed E-state index contributed by atoms with van der Waals surface area (Å²) in [5, 5.41) is 10.4. The molecule has 0 bridgehead atoms. The normalized spacial score (nSPS) is 16.8. The summed E-state index contributed by atoms with van der Waals surface area (Å²) in [4.78, 5) is 0. The van der Waals surface area contributed by atoms with Crippen LogP contribution < -0.4 is 0 Å². The average Bonchev–Trinajstić information content (AvgIpc) is 2.89. The van der Waals surface area contributed by atoms with Crippen LogP contribution in [0.3, 0.4) is 0 Å². The number of aliphatic hydroxyl groups excluding tert-OH is 1. The molecular formula is C17H15F3O. The van der Waals surface area contributed by atoms with Gasteiger partial charge in [-0.15, -0.1) is 0 Å². The molecule has 0 amide bonds. The van der Waals surface area contributed by atoms with Crippen molar-refractivity contribution in [3.63, 3.8) is 0 Å². The van der Waals surface area contributed by atoms with Gasteiger partial charge in [0.15, 0.2) is 0 Å². The van der Waals surface area contributed by atoms with E-state index in [4.69, 9.17) is 0 Å².